The Balaban J connectivity index is 1.72. The maximum absolute atomic E-state index is 13.2. The SMILES string of the molecule is C[C@@H](Nc1nc(Nc2ccnc(-c3ccc(C#N)cc3)c2)nc(-c2cccc(C(F)(F)F)n2)n1)C(F)(F)F. The maximum Gasteiger partial charge on any atom is 0.433 e. The second-order valence-corrected chi connectivity index (χ2v) is 7.86. The predicted molar refractivity (Wildman–Crippen MR) is 125 cm³/mol. The summed E-state index contributed by atoms with van der Waals surface area (Å²) < 4.78 is 78.9. The van der Waals surface area contributed by atoms with E-state index in [0.29, 0.717) is 22.5 Å². The van der Waals surface area contributed by atoms with E-state index in [1.165, 1.54) is 18.3 Å². The largest absolute Gasteiger partial charge is 0.433 e. The third-order valence-electron chi connectivity index (χ3n) is 5.07. The smallest absolute Gasteiger partial charge is 0.343 e. The van der Waals surface area contributed by atoms with Crippen LogP contribution in [0.2, 0.25) is 0 Å². The van der Waals surface area contributed by atoms with Crippen LogP contribution in [0.15, 0.2) is 60.8 Å². The second kappa shape index (κ2) is 10.3. The predicted octanol–water partition coefficient (Wildman–Crippen LogP) is 5.99. The molecule has 0 fully saturated rings. The molecule has 1 aromatic carbocycles. The molecule has 3 aromatic heterocycles. The average molecular weight is 530 g/mol. The number of benzene rings is 1. The molecule has 1 atom stereocenters. The number of anilines is 3. The highest BCUT2D eigenvalue weighted by atomic mass is 19.4. The highest BCUT2D eigenvalue weighted by molar-refractivity contribution is 5.67. The average Bonchev–Trinajstić information content (AvgIpc) is 2.88. The molecule has 14 heteroatoms. The summed E-state index contributed by atoms with van der Waals surface area (Å²) in [7, 11) is 0. The molecule has 0 bridgehead atoms. The minimum absolute atomic E-state index is 0.247. The van der Waals surface area contributed by atoms with Crippen molar-refractivity contribution < 1.29 is 26.3 Å². The molecule has 0 aliphatic carbocycles. The summed E-state index contributed by atoms with van der Waals surface area (Å²) in [6.07, 6.45) is -7.94. The molecule has 4 aromatic rings. The van der Waals surface area contributed by atoms with Crippen molar-refractivity contribution in [3.63, 3.8) is 0 Å². The van der Waals surface area contributed by atoms with Crippen LogP contribution in [0.4, 0.5) is 43.9 Å². The van der Waals surface area contributed by atoms with E-state index < -0.39 is 30.0 Å². The van der Waals surface area contributed by atoms with E-state index in [9.17, 15) is 26.3 Å². The van der Waals surface area contributed by atoms with Crippen molar-refractivity contribution in [3.05, 3.63) is 72.1 Å². The van der Waals surface area contributed by atoms with Crippen LogP contribution in [0.25, 0.3) is 22.8 Å². The molecule has 38 heavy (non-hydrogen) atoms. The molecule has 0 saturated carbocycles. The van der Waals surface area contributed by atoms with Gasteiger partial charge in [-0.1, -0.05) is 18.2 Å². The molecule has 0 unspecified atom stereocenters. The fourth-order valence-corrected chi connectivity index (χ4v) is 3.11. The van der Waals surface area contributed by atoms with Gasteiger partial charge in [-0.15, -0.1) is 0 Å². The summed E-state index contributed by atoms with van der Waals surface area (Å²) in [5, 5.41) is 13.9. The lowest BCUT2D eigenvalue weighted by molar-refractivity contribution is -0.141. The number of nitrogens with zero attached hydrogens (tertiary/aromatic N) is 6. The second-order valence-electron chi connectivity index (χ2n) is 7.86. The lowest BCUT2D eigenvalue weighted by atomic mass is 10.1. The lowest BCUT2D eigenvalue weighted by Crippen LogP contribution is -2.34. The van der Waals surface area contributed by atoms with Gasteiger partial charge in [0.1, 0.15) is 17.4 Å². The van der Waals surface area contributed by atoms with Gasteiger partial charge >= 0.3 is 12.4 Å². The van der Waals surface area contributed by atoms with E-state index in [-0.39, 0.29) is 17.5 Å². The van der Waals surface area contributed by atoms with Gasteiger partial charge in [0, 0.05) is 17.4 Å². The van der Waals surface area contributed by atoms with E-state index >= 15 is 0 Å². The van der Waals surface area contributed by atoms with Crippen LogP contribution < -0.4 is 10.6 Å². The number of hydrogen-bond acceptors (Lipinski definition) is 8. The van der Waals surface area contributed by atoms with E-state index in [4.69, 9.17) is 5.26 Å². The fraction of sp³-hybridized carbons (Fsp3) is 0.167. The standard InChI is InChI=1S/C24H16F6N8/c1-13(23(25,26)27)33-21-36-20(17-3-2-4-19(35-17)24(28,29)30)37-22(38-21)34-16-9-10-32-18(11-16)15-7-5-14(12-31)6-8-15/h2-11,13H,1H3,(H2,32,33,34,36,37,38)/t13-/m1/s1. The summed E-state index contributed by atoms with van der Waals surface area (Å²) in [4.78, 5) is 19.7. The van der Waals surface area contributed by atoms with Crippen molar-refractivity contribution in [1.29, 1.82) is 5.26 Å². The molecule has 194 valence electrons. The van der Waals surface area contributed by atoms with Gasteiger partial charge < -0.3 is 10.6 Å². The molecule has 0 aliphatic rings. The number of hydrogen-bond donors (Lipinski definition) is 2. The Hall–Kier alpha value is -4.80. The van der Waals surface area contributed by atoms with E-state index in [0.717, 1.165) is 19.1 Å². The molecule has 0 amide bonds. The van der Waals surface area contributed by atoms with Gasteiger partial charge in [-0.3, -0.25) is 4.98 Å². The first kappa shape index (κ1) is 26.3. The van der Waals surface area contributed by atoms with Crippen LogP contribution in [0.5, 0.6) is 0 Å². The molecule has 4 rings (SSSR count). The van der Waals surface area contributed by atoms with Crippen molar-refractivity contribution in [2.45, 2.75) is 25.3 Å². The van der Waals surface area contributed by atoms with E-state index in [2.05, 4.69) is 35.6 Å². The molecule has 8 nitrogen and oxygen atoms in total. The Morgan fingerprint density at radius 1 is 0.842 bits per heavy atom. The van der Waals surface area contributed by atoms with Crippen LogP contribution in [0.3, 0.4) is 0 Å². The molecule has 0 radical (unpaired) electrons. The van der Waals surface area contributed by atoms with E-state index in [1.54, 1.807) is 30.3 Å². The number of nitrogens with one attached hydrogen (secondary N) is 2. The minimum Gasteiger partial charge on any atom is -0.343 e. The van der Waals surface area contributed by atoms with Gasteiger partial charge in [0.2, 0.25) is 11.9 Å². The highest BCUT2D eigenvalue weighted by Gasteiger charge is 2.37. The lowest BCUT2D eigenvalue weighted by Gasteiger charge is -2.18. The molecule has 3 heterocycles. The van der Waals surface area contributed by atoms with Gasteiger partial charge in [-0.25, -0.2) is 4.98 Å². The Labute approximate surface area is 211 Å². The molecule has 0 aliphatic heterocycles. The zero-order valence-corrected chi connectivity index (χ0v) is 19.3. The van der Waals surface area contributed by atoms with Crippen LogP contribution in [0.1, 0.15) is 18.2 Å². The van der Waals surface area contributed by atoms with Gasteiger partial charge in [-0.05, 0) is 43.3 Å². The van der Waals surface area contributed by atoms with E-state index in [1.807, 2.05) is 6.07 Å². The number of halogens is 6. The number of aromatic nitrogens is 5. The molecule has 0 spiro atoms. The third-order valence-corrected chi connectivity index (χ3v) is 5.07. The van der Waals surface area contributed by atoms with Crippen LogP contribution in [-0.4, -0.2) is 37.1 Å². The minimum atomic E-state index is -4.76. The van der Waals surface area contributed by atoms with Crippen LogP contribution in [0, 0.1) is 11.3 Å². The van der Waals surface area contributed by atoms with Crippen LogP contribution >= 0.6 is 0 Å². The van der Waals surface area contributed by atoms with Crippen molar-refractivity contribution in [2.24, 2.45) is 0 Å². The number of rotatable bonds is 6. The molecular weight excluding hydrogens is 514 g/mol. The normalized spacial score (nSPS) is 12.5. The Bertz CT molecular complexity index is 1480. The monoisotopic (exact) mass is 530 g/mol. The molecule has 2 N–H and O–H groups in total. The van der Waals surface area contributed by atoms with Gasteiger partial charge in [-0.2, -0.15) is 46.6 Å². The Kier molecular flexibility index (Phi) is 7.11. The quantitative estimate of drug-likeness (QED) is 0.292. The van der Waals surface area contributed by atoms with Crippen LogP contribution in [-0.2, 0) is 6.18 Å². The van der Waals surface area contributed by atoms with Crippen molar-refractivity contribution >= 4 is 17.6 Å². The molecule has 0 saturated heterocycles. The van der Waals surface area contributed by atoms with Gasteiger partial charge in [0.15, 0.2) is 5.82 Å². The summed E-state index contributed by atoms with van der Waals surface area (Å²) in [6, 6.07) is 12.7. The zero-order valence-electron chi connectivity index (χ0n) is 19.3. The Morgan fingerprint density at radius 3 is 2.21 bits per heavy atom. The first-order valence-electron chi connectivity index (χ1n) is 10.8. The van der Waals surface area contributed by atoms with Crippen molar-refractivity contribution in [2.75, 3.05) is 10.6 Å². The van der Waals surface area contributed by atoms with Crippen molar-refractivity contribution in [1.82, 2.24) is 24.9 Å². The first-order valence-corrected chi connectivity index (χ1v) is 10.8. The first-order chi connectivity index (χ1) is 17.9. The fourth-order valence-electron chi connectivity index (χ4n) is 3.11. The van der Waals surface area contributed by atoms with Crippen molar-refractivity contribution in [3.8, 4) is 28.8 Å². The number of pyridine rings is 2. The summed E-state index contributed by atoms with van der Waals surface area (Å²) in [5.74, 6) is -1.15. The summed E-state index contributed by atoms with van der Waals surface area (Å²) >= 11 is 0. The topological polar surface area (TPSA) is 112 Å². The third kappa shape index (κ3) is 6.30. The summed E-state index contributed by atoms with van der Waals surface area (Å²) in [6.45, 7) is 0.839. The maximum atomic E-state index is 13.2. The molecular formula is C24H16F6N8. The van der Waals surface area contributed by atoms with Gasteiger partial charge in [0.05, 0.1) is 17.3 Å². The van der Waals surface area contributed by atoms with Gasteiger partial charge in [0.25, 0.3) is 0 Å². The summed E-state index contributed by atoms with van der Waals surface area (Å²) in [5.41, 5.74) is 0.474. The number of alkyl halides is 6. The Morgan fingerprint density at radius 2 is 1.55 bits per heavy atom. The highest BCUT2D eigenvalue weighted by Crippen LogP contribution is 2.30. The number of nitriles is 1. The zero-order chi connectivity index (χ0) is 27.5.